The van der Waals surface area contributed by atoms with Crippen molar-refractivity contribution in [1.82, 2.24) is 14.6 Å². The zero-order valence-electron chi connectivity index (χ0n) is 13.3. The number of fused-ring (bicyclic) bond motifs is 1. The van der Waals surface area contributed by atoms with Crippen molar-refractivity contribution >= 4 is 62.1 Å². The number of nitrogens with zero attached hydrogens (tertiary/aromatic N) is 3. The monoisotopic (exact) mass is 443 g/mol. The molecule has 2 heterocycles. The van der Waals surface area contributed by atoms with E-state index in [1.807, 2.05) is 60.7 Å². The number of benzene rings is 2. The van der Waals surface area contributed by atoms with E-state index in [1.165, 1.54) is 15.9 Å². The summed E-state index contributed by atoms with van der Waals surface area (Å²) < 4.78 is 2.91. The minimum Gasteiger partial charge on any atom is -0.266 e. The molecule has 7 heteroatoms. The van der Waals surface area contributed by atoms with Crippen molar-refractivity contribution in [3.8, 4) is 0 Å². The number of halogens is 2. The molecule has 0 unspecified atom stereocenters. The summed E-state index contributed by atoms with van der Waals surface area (Å²) in [7, 11) is 0. The maximum Gasteiger partial charge on any atom is 0.291 e. The highest BCUT2D eigenvalue weighted by molar-refractivity contribution is 9.10. The van der Waals surface area contributed by atoms with Gasteiger partial charge in [0.25, 0.3) is 5.56 Å². The van der Waals surface area contributed by atoms with Crippen molar-refractivity contribution in [2.75, 3.05) is 0 Å². The Hall–Kier alpha value is -2.28. The fraction of sp³-hybridized carbons (Fsp3) is 0. The normalized spacial score (nSPS) is 12.5. The molecule has 0 radical (unpaired) electrons. The Labute approximate surface area is 166 Å². The lowest BCUT2D eigenvalue weighted by Crippen LogP contribution is -2.23. The number of hydrogen-bond acceptors (Lipinski definition) is 4. The number of hydrogen-bond donors (Lipinski definition) is 0. The predicted molar refractivity (Wildman–Crippen MR) is 110 cm³/mol. The van der Waals surface area contributed by atoms with Crippen molar-refractivity contribution in [1.29, 1.82) is 0 Å². The minimum absolute atomic E-state index is 0.163. The summed E-state index contributed by atoms with van der Waals surface area (Å²) in [4.78, 5) is 17.5. The van der Waals surface area contributed by atoms with Gasteiger partial charge in [0.05, 0.1) is 4.53 Å². The molecular formula is C19H11BrClN3OS. The molecule has 128 valence electrons. The van der Waals surface area contributed by atoms with Crippen molar-refractivity contribution < 1.29 is 0 Å². The number of thiazole rings is 1. The quantitative estimate of drug-likeness (QED) is 0.474. The Balaban J connectivity index is 1.67. The first-order chi connectivity index (χ1) is 12.6. The zero-order chi connectivity index (χ0) is 18.1. The molecule has 26 heavy (non-hydrogen) atoms. The lowest BCUT2D eigenvalue weighted by atomic mass is 10.2. The van der Waals surface area contributed by atoms with Crippen LogP contribution in [0.15, 0.2) is 57.8 Å². The fourth-order valence-electron chi connectivity index (χ4n) is 2.41. The van der Waals surface area contributed by atoms with Gasteiger partial charge in [-0.25, -0.2) is 0 Å². The zero-order valence-corrected chi connectivity index (χ0v) is 16.4. The van der Waals surface area contributed by atoms with E-state index < -0.39 is 0 Å². The average molecular weight is 445 g/mol. The summed E-state index contributed by atoms with van der Waals surface area (Å²) in [5.41, 5.74) is 1.77. The molecule has 4 aromatic rings. The van der Waals surface area contributed by atoms with Crippen LogP contribution in [-0.2, 0) is 0 Å². The number of aromatic nitrogens is 3. The van der Waals surface area contributed by atoms with E-state index >= 15 is 0 Å². The molecule has 4 rings (SSSR count). The molecule has 0 spiro atoms. The van der Waals surface area contributed by atoms with Crippen molar-refractivity contribution in [2.24, 2.45) is 0 Å². The molecule has 2 aromatic carbocycles. The van der Waals surface area contributed by atoms with Crippen LogP contribution in [0.1, 0.15) is 17.0 Å². The van der Waals surface area contributed by atoms with Gasteiger partial charge in [0.15, 0.2) is 5.82 Å². The highest BCUT2D eigenvalue weighted by atomic mass is 79.9. The van der Waals surface area contributed by atoms with E-state index in [9.17, 15) is 4.79 Å². The van der Waals surface area contributed by atoms with Gasteiger partial charge < -0.3 is 0 Å². The second-order valence-corrected chi connectivity index (χ2v) is 7.88. The van der Waals surface area contributed by atoms with E-state index in [-0.39, 0.29) is 5.56 Å². The lowest BCUT2D eigenvalue weighted by Gasteiger charge is -1.92. The van der Waals surface area contributed by atoms with Crippen LogP contribution in [0, 0.1) is 0 Å². The molecule has 0 fully saturated rings. The molecule has 0 aliphatic carbocycles. The first kappa shape index (κ1) is 17.1. The Morgan fingerprint density at radius 1 is 1.08 bits per heavy atom. The molecule has 0 N–H and O–H groups in total. The van der Waals surface area contributed by atoms with Gasteiger partial charge in [-0.3, -0.25) is 4.79 Å². The number of rotatable bonds is 3. The van der Waals surface area contributed by atoms with Crippen molar-refractivity contribution in [2.45, 2.75) is 0 Å². The van der Waals surface area contributed by atoms with Crippen molar-refractivity contribution in [3.05, 3.63) is 89.9 Å². The molecular weight excluding hydrogens is 434 g/mol. The molecule has 0 atom stereocenters. The molecule has 0 bridgehead atoms. The van der Waals surface area contributed by atoms with E-state index in [2.05, 4.69) is 26.0 Å². The third-order valence-corrected chi connectivity index (χ3v) is 5.34. The Morgan fingerprint density at radius 2 is 1.88 bits per heavy atom. The van der Waals surface area contributed by atoms with Gasteiger partial charge in [-0.15, -0.1) is 5.10 Å². The van der Waals surface area contributed by atoms with Crippen LogP contribution in [0.4, 0.5) is 0 Å². The minimum atomic E-state index is -0.163. The highest BCUT2D eigenvalue weighted by Gasteiger charge is 2.08. The molecule has 4 nitrogen and oxygen atoms in total. The van der Waals surface area contributed by atoms with Gasteiger partial charge in [0, 0.05) is 9.50 Å². The van der Waals surface area contributed by atoms with E-state index in [0.29, 0.717) is 20.3 Å². The second kappa shape index (κ2) is 7.15. The van der Waals surface area contributed by atoms with Gasteiger partial charge in [0.2, 0.25) is 4.96 Å². The summed E-state index contributed by atoms with van der Waals surface area (Å²) in [6.07, 6.45) is 5.51. The maximum absolute atomic E-state index is 12.5. The van der Waals surface area contributed by atoms with Gasteiger partial charge in [-0.1, -0.05) is 69.2 Å². The van der Waals surface area contributed by atoms with Crippen LogP contribution in [0.3, 0.4) is 0 Å². The fourth-order valence-corrected chi connectivity index (χ4v) is 3.87. The third kappa shape index (κ3) is 3.62. The summed E-state index contributed by atoms with van der Waals surface area (Å²) in [5.74, 6) is 0.498. The van der Waals surface area contributed by atoms with Gasteiger partial charge in [-0.2, -0.15) is 9.50 Å². The molecule has 0 aliphatic heterocycles. The SMILES string of the molecule is O=c1c(=Cc2cccc(Br)c2)sc2nc(C=Cc3ccc(Cl)cc3)nn12. The average Bonchev–Trinajstić information content (AvgIpc) is 3.14. The standard InChI is InChI=1S/C19H11BrClN3OS/c20-14-3-1-2-13(10-14)11-16-18(25)24-19(26-16)22-17(23-24)9-6-12-4-7-15(21)8-5-12/h1-11H. The first-order valence-corrected chi connectivity index (χ1v) is 9.68. The van der Waals surface area contributed by atoms with Gasteiger partial charge in [0.1, 0.15) is 0 Å². The summed E-state index contributed by atoms with van der Waals surface area (Å²) in [6.45, 7) is 0. The van der Waals surface area contributed by atoms with E-state index in [1.54, 1.807) is 6.08 Å². The van der Waals surface area contributed by atoms with Crippen LogP contribution in [0.2, 0.25) is 5.02 Å². The lowest BCUT2D eigenvalue weighted by molar-refractivity contribution is 0.925. The first-order valence-electron chi connectivity index (χ1n) is 7.69. The van der Waals surface area contributed by atoms with Crippen LogP contribution in [0.25, 0.3) is 23.2 Å². The van der Waals surface area contributed by atoms with Crippen LogP contribution >= 0.6 is 38.9 Å². The largest absolute Gasteiger partial charge is 0.291 e. The third-order valence-electron chi connectivity index (χ3n) is 3.64. The second-order valence-electron chi connectivity index (χ2n) is 5.52. The van der Waals surface area contributed by atoms with Crippen LogP contribution in [-0.4, -0.2) is 14.6 Å². The summed E-state index contributed by atoms with van der Waals surface area (Å²) >= 11 is 10.6. The highest BCUT2D eigenvalue weighted by Crippen LogP contribution is 2.13. The Morgan fingerprint density at radius 3 is 2.62 bits per heavy atom. The Kier molecular flexibility index (Phi) is 4.72. The van der Waals surface area contributed by atoms with Crippen molar-refractivity contribution in [3.63, 3.8) is 0 Å². The summed E-state index contributed by atoms with van der Waals surface area (Å²) in [6, 6.07) is 15.2. The van der Waals surface area contributed by atoms with Gasteiger partial charge in [-0.05, 0) is 47.5 Å². The molecule has 0 saturated heterocycles. The maximum atomic E-state index is 12.5. The molecule has 0 aliphatic rings. The van der Waals surface area contributed by atoms with Crippen LogP contribution in [0.5, 0.6) is 0 Å². The van der Waals surface area contributed by atoms with Crippen LogP contribution < -0.4 is 10.1 Å². The van der Waals surface area contributed by atoms with E-state index in [0.717, 1.165) is 15.6 Å². The topological polar surface area (TPSA) is 47.3 Å². The van der Waals surface area contributed by atoms with E-state index in [4.69, 9.17) is 11.6 Å². The predicted octanol–water partition coefficient (Wildman–Crippen LogP) is 4.29. The smallest absolute Gasteiger partial charge is 0.266 e. The van der Waals surface area contributed by atoms with Gasteiger partial charge >= 0.3 is 0 Å². The summed E-state index contributed by atoms with van der Waals surface area (Å²) in [5, 5.41) is 4.97. The molecule has 0 amide bonds. The Bertz CT molecular complexity index is 1230. The molecule has 0 saturated carbocycles. The molecule has 2 aromatic heterocycles.